The normalized spacial score (nSPS) is 24.4. The summed E-state index contributed by atoms with van der Waals surface area (Å²) in [5.74, 6) is 0. The van der Waals surface area contributed by atoms with Gasteiger partial charge in [-0.3, -0.25) is 4.98 Å². The minimum Gasteiger partial charge on any atom is -0.381 e. The van der Waals surface area contributed by atoms with Gasteiger partial charge in [-0.1, -0.05) is 32.0 Å². The molecule has 106 valence electrons. The maximum atomic E-state index is 5.53. The first-order valence-corrected chi connectivity index (χ1v) is 7.18. The molecule has 1 aliphatic carbocycles. The number of benzene rings is 1. The number of ether oxygens (including phenoxy) is 1. The van der Waals surface area contributed by atoms with Crippen LogP contribution in [0, 0.1) is 12.3 Å². The van der Waals surface area contributed by atoms with Crippen LogP contribution in [-0.2, 0) is 4.74 Å². The van der Waals surface area contributed by atoms with Gasteiger partial charge in [0.25, 0.3) is 0 Å². The summed E-state index contributed by atoms with van der Waals surface area (Å²) in [4.78, 5) is 4.59. The lowest BCUT2D eigenvalue weighted by molar-refractivity contribution is -0.0794. The molecule has 2 unspecified atom stereocenters. The Labute approximate surface area is 120 Å². The molecule has 0 radical (unpaired) electrons. The van der Waals surface area contributed by atoms with Crippen LogP contribution in [-0.4, -0.2) is 24.2 Å². The van der Waals surface area contributed by atoms with E-state index in [1.165, 1.54) is 11.1 Å². The van der Waals surface area contributed by atoms with E-state index in [-0.39, 0.29) is 5.41 Å². The summed E-state index contributed by atoms with van der Waals surface area (Å²) in [7, 11) is 1.80. The number of aromatic nitrogens is 1. The number of hydrogen-bond acceptors (Lipinski definition) is 3. The highest BCUT2D eigenvalue weighted by molar-refractivity contribution is 5.91. The average Bonchev–Trinajstić information content (AvgIpc) is 2.42. The molecule has 1 aromatic carbocycles. The largest absolute Gasteiger partial charge is 0.381 e. The summed E-state index contributed by atoms with van der Waals surface area (Å²) in [6.07, 6.45) is 1.40. The molecule has 0 bridgehead atoms. The first-order valence-electron chi connectivity index (χ1n) is 7.18. The quantitative estimate of drug-likeness (QED) is 0.922. The number of methoxy groups -OCH3 is 1. The number of aryl methyl sites for hydroxylation is 1. The number of pyridine rings is 1. The van der Waals surface area contributed by atoms with Crippen molar-refractivity contribution in [2.24, 2.45) is 5.41 Å². The Balaban J connectivity index is 1.92. The van der Waals surface area contributed by atoms with Crippen molar-refractivity contribution in [3.63, 3.8) is 0 Å². The number of hydrogen-bond donors (Lipinski definition) is 1. The first kappa shape index (κ1) is 13.4. The van der Waals surface area contributed by atoms with Crippen LogP contribution in [0.2, 0.25) is 0 Å². The zero-order chi connectivity index (χ0) is 14.3. The van der Waals surface area contributed by atoms with Crippen LogP contribution in [0.3, 0.4) is 0 Å². The Bertz CT molecular complexity index is 636. The highest BCUT2D eigenvalue weighted by Gasteiger charge is 2.48. The van der Waals surface area contributed by atoms with E-state index in [0.717, 1.165) is 17.6 Å². The Morgan fingerprint density at radius 2 is 2.05 bits per heavy atom. The number of nitrogens with one attached hydrogen (secondary N) is 1. The second-order valence-electron chi connectivity index (χ2n) is 6.31. The second-order valence-corrected chi connectivity index (χ2v) is 6.31. The van der Waals surface area contributed by atoms with Gasteiger partial charge in [0, 0.05) is 35.3 Å². The molecule has 0 aliphatic heterocycles. The van der Waals surface area contributed by atoms with E-state index in [2.05, 4.69) is 48.4 Å². The minimum absolute atomic E-state index is 0.160. The van der Waals surface area contributed by atoms with Crippen LogP contribution in [0.4, 0.5) is 5.69 Å². The van der Waals surface area contributed by atoms with Crippen molar-refractivity contribution < 1.29 is 4.74 Å². The zero-order valence-corrected chi connectivity index (χ0v) is 12.6. The predicted molar refractivity (Wildman–Crippen MR) is 83.1 cm³/mol. The molecule has 1 aliphatic rings. The summed E-state index contributed by atoms with van der Waals surface area (Å²) < 4.78 is 5.53. The fraction of sp³-hybridized carbons (Fsp3) is 0.471. The van der Waals surface area contributed by atoms with Crippen LogP contribution in [0.15, 0.2) is 30.3 Å². The van der Waals surface area contributed by atoms with Crippen LogP contribution in [0.5, 0.6) is 0 Å². The maximum Gasteiger partial charge on any atom is 0.0725 e. The third kappa shape index (κ3) is 2.06. The molecule has 1 aromatic heterocycles. The van der Waals surface area contributed by atoms with E-state index in [0.29, 0.717) is 12.1 Å². The summed E-state index contributed by atoms with van der Waals surface area (Å²) in [5, 5.41) is 4.89. The molecule has 20 heavy (non-hydrogen) atoms. The molecule has 1 N–H and O–H groups in total. The van der Waals surface area contributed by atoms with Gasteiger partial charge in [0.05, 0.1) is 11.6 Å². The topological polar surface area (TPSA) is 34.1 Å². The van der Waals surface area contributed by atoms with Gasteiger partial charge in [-0.05, 0) is 25.5 Å². The van der Waals surface area contributed by atoms with Crippen LogP contribution in [0.25, 0.3) is 10.9 Å². The van der Waals surface area contributed by atoms with Gasteiger partial charge in [0.2, 0.25) is 0 Å². The SMILES string of the molecule is COC1CC(Nc2cc(C)nc3ccccc23)C1(C)C. The van der Waals surface area contributed by atoms with Crippen molar-refractivity contribution in [1.29, 1.82) is 0 Å². The molecule has 0 spiro atoms. The number of rotatable bonds is 3. The second kappa shape index (κ2) is 4.74. The van der Waals surface area contributed by atoms with Crippen molar-refractivity contribution in [1.82, 2.24) is 4.98 Å². The van der Waals surface area contributed by atoms with E-state index < -0.39 is 0 Å². The van der Waals surface area contributed by atoms with Crippen molar-refractivity contribution >= 4 is 16.6 Å². The Hall–Kier alpha value is -1.61. The fourth-order valence-electron chi connectivity index (χ4n) is 3.15. The van der Waals surface area contributed by atoms with Gasteiger partial charge in [-0.2, -0.15) is 0 Å². The smallest absolute Gasteiger partial charge is 0.0725 e. The van der Waals surface area contributed by atoms with Crippen LogP contribution >= 0.6 is 0 Å². The van der Waals surface area contributed by atoms with E-state index >= 15 is 0 Å². The molecule has 3 rings (SSSR count). The first-order chi connectivity index (χ1) is 9.52. The predicted octanol–water partition coefficient (Wildman–Crippen LogP) is 3.77. The Kier molecular flexibility index (Phi) is 3.17. The van der Waals surface area contributed by atoms with Crippen molar-refractivity contribution in [2.45, 2.75) is 39.3 Å². The van der Waals surface area contributed by atoms with E-state index in [4.69, 9.17) is 4.74 Å². The van der Waals surface area contributed by atoms with Gasteiger partial charge in [-0.25, -0.2) is 0 Å². The molecule has 1 saturated carbocycles. The maximum absolute atomic E-state index is 5.53. The Morgan fingerprint density at radius 3 is 2.75 bits per heavy atom. The highest BCUT2D eigenvalue weighted by atomic mass is 16.5. The molecular formula is C17H22N2O. The van der Waals surface area contributed by atoms with Gasteiger partial charge < -0.3 is 10.1 Å². The van der Waals surface area contributed by atoms with Gasteiger partial charge in [0.1, 0.15) is 0 Å². The van der Waals surface area contributed by atoms with Crippen molar-refractivity contribution in [2.75, 3.05) is 12.4 Å². The summed E-state index contributed by atoms with van der Waals surface area (Å²) in [5.41, 5.74) is 3.44. The lowest BCUT2D eigenvalue weighted by Crippen LogP contribution is -2.57. The van der Waals surface area contributed by atoms with Crippen LogP contribution < -0.4 is 5.32 Å². The van der Waals surface area contributed by atoms with Crippen molar-refractivity contribution in [3.8, 4) is 0 Å². The molecule has 0 amide bonds. The van der Waals surface area contributed by atoms with E-state index in [1.54, 1.807) is 7.11 Å². The fourth-order valence-corrected chi connectivity index (χ4v) is 3.15. The number of anilines is 1. The monoisotopic (exact) mass is 270 g/mol. The molecular weight excluding hydrogens is 248 g/mol. The lowest BCUT2D eigenvalue weighted by Gasteiger charge is -2.51. The molecule has 1 heterocycles. The summed E-state index contributed by atoms with van der Waals surface area (Å²) in [6, 6.07) is 10.9. The molecule has 2 aromatic rings. The summed E-state index contributed by atoms with van der Waals surface area (Å²) in [6.45, 7) is 6.57. The van der Waals surface area contributed by atoms with Gasteiger partial charge in [-0.15, -0.1) is 0 Å². The molecule has 1 fully saturated rings. The standard InChI is InChI=1S/C17H22N2O/c1-11-9-14(12-7-5-6-8-13(12)18-11)19-15-10-16(20-4)17(15,2)3/h5-9,15-16H,10H2,1-4H3,(H,18,19). The molecule has 3 heteroatoms. The summed E-state index contributed by atoms with van der Waals surface area (Å²) >= 11 is 0. The third-order valence-corrected chi connectivity index (χ3v) is 4.64. The number of para-hydroxylation sites is 1. The lowest BCUT2D eigenvalue weighted by atomic mass is 9.64. The number of nitrogens with zero attached hydrogens (tertiary/aromatic N) is 1. The van der Waals surface area contributed by atoms with E-state index in [9.17, 15) is 0 Å². The van der Waals surface area contributed by atoms with Gasteiger partial charge in [0.15, 0.2) is 0 Å². The van der Waals surface area contributed by atoms with Gasteiger partial charge >= 0.3 is 0 Å². The van der Waals surface area contributed by atoms with Crippen molar-refractivity contribution in [3.05, 3.63) is 36.0 Å². The molecule has 2 atom stereocenters. The Morgan fingerprint density at radius 1 is 1.30 bits per heavy atom. The molecule has 3 nitrogen and oxygen atoms in total. The minimum atomic E-state index is 0.160. The van der Waals surface area contributed by atoms with Crippen LogP contribution in [0.1, 0.15) is 26.0 Å². The highest BCUT2D eigenvalue weighted by Crippen LogP contribution is 2.44. The third-order valence-electron chi connectivity index (χ3n) is 4.64. The zero-order valence-electron chi connectivity index (χ0n) is 12.6. The molecule has 0 saturated heterocycles. The van der Waals surface area contributed by atoms with E-state index in [1.807, 2.05) is 13.0 Å². The average molecular weight is 270 g/mol. The number of fused-ring (bicyclic) bond motifs is 1.